The summed E-state index contributed by atoms with van der Waals surface area (Å²) >= 11 is 0. The highest BCUT2D eigenvalue weighted by Crippen LogP contribution is 2.33. The first-order chi connectivity index (χ1) is 7.59. The lowest BCUT2D eigenvalue weighted by Crippen LogP contribution is -1.89. The molecule has 0 spiro atoms. The van der Waals surface area contributed by atoms with Crippen LogP contribution < -0.4 is 5.73 Å². The van der Waals surface area contributed by atoms with E-state index in [1.807, 2.05) is 0 Å². The van der Waals surface area contributed by atoms with Crippen LogP contribution in [0.4, 0.5) is 10.3 Å². The lowest BCUT2D eigenvalue weighted by atomic mass is 10.0. The van der Waals surface area contributed by atoms with Crippen molar-refractivity contribution in [1.82, 2.24) is 5.16 Å². The third kappa shape index (κ3) is 1.71. The number of aromatic hydroxyl groups is 1. The Balaban J connectivity index is 2.52. The van der Waals surface area contributed by atoms with Crippen LogP contribution >= 0.6 is 0 Å². The van der Waals surface area contributed by atoms with Crippen molar-refractivity contribution in [1.29, 1.82) is 0 Å². The van der Waals surface area contributed by atoms with Crippen molar-refractivity contribution in [2.75, 3.05) is 5.73 Å². The Morgan fingerprint density at radius 2 is 2.25 bits per heavy atom. The second-order valence-electron chi connectivity index (χ2n) is 3.49. The first kappa shape index (κ1) is 10.5. The van der Waals surface area contributed by atoms with E-state index >= 15 is 0 Å². The summed E-state index contributed by atoms with van der Waals surface area (Å²) in [7, 11) is 0. The van der Waals surface area contributed by atoms with E-state index in [1.165, 1.54) is 25.3 Å². The van der Waals surface area contributed by atoms with Crippen molar-refractivity contribution in [3.8, 4) is 16.9 Å². The second-order valence-corrected chi connectivity index (χ2v) is 3.49. The van der Waals surface area contributed by atoms with Crippen LogP contribution in [0.1, 0.15) is 18.7 Å². The SMILES string of the molecule is CC(F)c1cc(-c2cnoc2N)ccc1O. The van der Waals surface area contributed by atoms with Gasteiger partial charge < -0.3 is 15.4 Å². The second kappa shape index (κ2) is 3.84. The minimum Gasteiger partial charge on any atom is -0.508 e. The van der Waals surface area contributed by atoms with Crippen LogP contribution in [0.2, 0.25) is 0 Å². The smallest absolute Gasteiger partial charge is 0.229 e. The summed E-state index contributed by atoms with van der Waals surface area (Å²) in [6, 6.07) is 4.58. The van der Waals surface area contributed by atoms with Gasteiger partial charge in [-0.1, -0.05) is 11.2 Å². The van der Waals surface area contributed by atoms with E-state index in [0.717, 1.165) is 0 Å². The zero-order valence-electron chi connectivity index (χ0n) is 8.64. The number of nitrogens with zero attached hydrogens (tertiary/aromatic N) is 1. The van der Waals surface area contributed by atoms with E-state index in [9.17, 15) is 9.50 Å². The van der Waals surface area contributed by atoms with Gasteiger partial charge in [-0.2, -0.15) is 0 Å². The molecule has 4 nitrogen and oxygen atoms in total. The average molecular weight is 222 g/mol. The normalized spacial score (nSPS) is 12.6. The maximum atomic E-state index is 13.2. The van der Waals surface area contributed by atoms with Crippen LogP contribution in [-0.4, -0.2) is 10.3 Å². The molecule has 0 aliphatic carbocycles. The number of rotatable bonds is 2. The molecule has 1 heterocycles. The van der Waals surface area contributed by atoms with E-state index < -0.39 is 6.17 Å². The van der Waals surface area contributed by atoms with Gasteiger partial charge in [0.2, 0.25) is 5.88 Å². The Morgan fingerprint density at radius 1 is 1.50 bits per heavy atom. The van der Waals surface area contributed by atoms with Gasteiger partial charge in [-0.15, -0.1) is 0 Å². The van der Waals surface area contributed by atoms with E-state index in [0.29, 0.717) is 11.1 Å². The molecule has 0 radical (unpaired) electrons. The van der Waals surface area contributed by atoms with Crippen molar-refractivity contribution >= 4 is 5.88 Å². The summed E-state index contributed by atoms with van der Waals surface area (Å²) in [6.45, 7) is 1.36. The fourth-order valence-electron chi connectivity index (χ4n) is 1.51. The fraction of sp³-hybridized carbons (Fsp3) is 0.182. The average Bonchev–Trinajstić information content (AvgIpc) is 2.65. The molecule has 0 saturated carbocycles. The molecule has 1 aromatic carbocycles. The van der Waals surface area contributed by atoms with E-state index in [-0.39, 0.29) is 17.2 Å². The molecule has 0 aliphatic rings. The maximum absolute atomic E-state index is 13.2. The summed E-state index contributed by atoms with van der Waals surface area (Å²) in [5.41, 5.74) is 7.02. The molecule has 1 unspecified atom stereocenters. The largest absolute Gasteiger partial charge is 0.508 e. The van der Waals surface area contributed by atoms with Gasteiger partial charge in [0.25, 0.3) is 0 Å². The Kier molecular flexibility index (Phi) is 2.52. The number of hydrogen-bond acceptors (Lipinski definition) is 4. The summed E-state index contributed by atoms with van der Waals surface area (Å²) in [4.78, 5) is 0. The number of aromatic nitrogens is 1. The van der Waals surface area contributed by atoms with Gasteiger partial charge in [-0.05, 0) is 24.6 Å². The van der Waals surface area contributed by atoms with Gasteiger partial charge in [0.1, 0.15) is 11.9 Å². The molecule has 2 aromatic rings. The maximum Gasteiger partial charge on any atom is 0.229 e. The van der Waals surface area contributed by atoms with E-state index in [1.54, 1.807) is 6.07 Å². The Bertz CT molecular complexity index is 508. The van der Waals surface area contributed by atoms with Gasteiger partial charge in [-0.3, -0.25) is 0 Å². The fourth-order valence-corrected chi connectivity index (χ4v) is 1.51. The summed E-state index contributed by atoms with van der Waals surface area (Å²) in [5.74, 6) is 0.0944. The first-order valence-corrected chi connectivity index (χ1v) is 4.77. The van der Waals surface area contributed by atoms with Crippen LogP contribution in [0, 0.1) is 0 Å². The lowest BCUT2D eigenvalue weighted by Gasteiger charge is -2.07. The predicted octanol–water partition coefficient (Wildman–Crippen LogP) is 2.66. The van der Waals surface area contributed by atoms with Crippen LogP contribution in [-0.2, 0) is 0 Å². The molecule has 3 N–H and O–H groups in total. The van der Waals surface area contributed by atoms with Crippen molar-refractivity contribution < 1.29 is 14.0 Å². The molecule has 16 heavy (non-hydrogen) atoms. The predicted molar refractivity (Wildman–Crippen MR) is 57.5 cm³/mol. The molecule has 0 amide bonds. The van der Waals surface area contributed by atoms with Crippen molar-refractivity contribution in [2.45, 2.75) is 13.1 Å². The van der Waals surface area contributed by atoms with Crippen LogP contribution in [0.25, 0.3) is 11.1 Å². The Hall–Kier alpha value is -2.04. The highest BCUT2D eigenvalue weighted by atomic mass is 19.1. The van der Waals surface area contributed by atoms with Gasteiger partial charge in [0.05, 0.1) is 11.8 Å². The number of alkyl halides is 1. The molecule has 0 fully saturated rings. The number of hydrogen-bond donors (Lipinski definition) is 2. The molecule has 1 atom stereocenters. The molecule has 2 rings (SSSR count). The van der Waals surface area contributed by atoms with Gasteiger partial charge >= 0.3 is 0 Å². The molecule has 84 valence electrons. The Morgan fingerprint density at radius 3 is 2.81 bits per heavy atom. The van der Waals surface area contributed by atoms with Gasteiger partial charge in [-0.25, -0.2) is 4.39 Å². The molecule has 0 bridgehead atoms. The number of nitrogens with two attached hydrogens (primary N) is 1. The molecular formula is C11H11FN2O2. The number of nitrogen functional groups attached to an aromatic ring is 1. The van der Waals surface area contributed by atoms with E-state index in [4.69, 9.17) is 10.3 Å². The quantitative estimate of drug-likeness (QED) is 0.819. The van der Waals surface area contributed by atoms with Crippen LogP contribution in [0.5, 0.6) is 5.75 Å². The van der Waals surface area contributed by atoms with Crippen LogP contribution in [0.3, 0.4) is 0 Å². The number of phenols is 1. The minimum absolute atomic E-state index is 0.0752. The van der Waals surface area contributed by atoms with E-state index in [2.05, 4.69) is 5.16 Å². The number of phenolic OH excluding ortho intramolecular Hbond substituents is 1. The standard InChI is InChI=1S/C11H11FN2O2/c1-6(12)8-4-7(2-3-10(8)15)9-5-14-16-11(9)13/h2-6,15H,13H2,1H3. The number of benzene rings is 1. The van der Waals surface area contributed by atoms with Gasteiger partial charge in [0, 0.05) is 5.56 Å². The van der Waals surface area contributed by atoms with Gasteiger partial charge in [0.15, 0.2) is 0 Å². The first-order valence-electron chi connectivity index (χ1n) is 4.77. The molecule has 0 aliphatic heterocycles. The Labute approximate surface area is 91.5 Å². The minimum atomic E-state index is -1.25. The number of halogens is 1. The third-order valence-corrected chi connectivity index (χ3v) is 2.37. The lowest BCUT2D eigenvalue weighted by molar-refractivity contribution is 0.356. The monoisotopic (exact) mass is 222 g/mol. The summed E-state index contributed by atoms with van der Waals surface area (Å²) in [6.07, 6.45) is 0.204. The van der Waals surface area contributed by atoms with Crippen LogP contribution in [0.15, 0.2) is 28.9 Å². The highest BCUT2D eigenvalue weighted by Gasteiger charge is 2.13. The zero-order chi connectivity index (χ0) is 11.7. The topological polar surface area (TPSA) is 72.3 Å². The highest BCUT2D eigenvalue weighted by molar-refractivity contribution is 5.73. The number of anilines is 1. The zero-order valence-corrected chi connectivity index (χ0v) is 8.64. The van der Waals surface area contributed by atoms with Crippen molar-refractivity contribution in [3.05, 3.63) is 30.0 Å². The van der Waals surface area contributed by atoms with Crippen molar-refractivity contribution in [2.24, 2.45) is 0 Å². The third-order valence-electron chi connectivity index (χ3n) is 2.37. The molecule has 0 saturated heterocycles. The summed E-state index contributed by atoms with van der Waals surface area (Å²) < 4.78 is 17.9. The molecule has 1 aromatic heterocycles. The molecule has 5 heteroatoms. The summed E-state index contributed by atoms with van der Waals surface area (Å²) in [5, 5.41) is 13.0. The van der Waals surface area contributed by atoms with Crippen molar-refractivity contribution in [3.63, 3.8) is 0 Å². The molecular weight excluding hydrogens is 211 g/mol.